The minimum Gasteiger partial charge on any atom is -0.344 e. The van der Waals surface area contributed by atoms with Crippen molar-refractivity contribution in [1.29, 1.82) is 0 Å². The molecule has 1 amide bonds. The van der Waals surface area contributed by atoms with E-state index in [1.54, 1.807) is 11.9 Å². The van der Waals surface area contributed by atoms with Crippen LogP contribution in [0.5, 0.6) is 0 Å². The van der Waals surface area contributed by atoms with E-state index >= 15 is 0 Å². The summed E-state index contributed by atoms with van der Waals surface area (Å²) in [5, 5.41) is 0. The number of nitrogens with two attached hydrogens (primary N) is 1. The van der Waals surface area contributed by atoms with Crippen LogP contribution in [0.15, 0.2) is 43.0 Å². The Labute approximate surface area is 121 Å². The molecule has 0 aromatic heterocycles. The van der Waals surface area contributed by atoms with E-state index in [1.807, 2.05) is 36.4 Å². The van der Waals surface area contributed by atoms with Gasteiger partial charge < -0.3 is 10.6 Å². The third-order valence-corrected chi connectivity index (χ3v) is 2.89. The number of unbranched alkanes of at least 4 members (excludes halogenated alkanes) is 1. The highest BCUT2D eigenvalue weighted by atomic mass is 35.5. The molecule has 1 rings (SSSR count). The molecular formula is C15H23ClN2O. The van der Waals surface area contributed by atoms with Crippen LogP contribution in [0.1, 0.15) is 18.4 Å². The molecule has 0 saturated heterocycles. The highest BCUT2D eigenvalue weighted by molar-refractivity contribution is 5.85. The van der Waals surface area contributed by atoms with Crippen molar-refractivity contribution in [2.24, 2.45) is 5.73 Å². The number of allylic oxidation sites excluding steroid dienone is 1. The lowest BCUT2D eigenvalue weighted by Crippen LogP contribution is -2.43. The topological polar surface area (TPSA) is 46.3 Å². The Hall–Kier alpha value is -1.32. The van der Waals surface area contributed by atoms with Crippen LogP contribution in [0.3, 0.4) is 0 Å². The minimum absolute atomic E-state index is 0. The first-order chi connectivity index (χ1) is 8.65. The smallest absolute Gasteiger partial charge is 0.239 e. The number of carbonyl (C=O) groups is 1. The fraction of sp³-hybridized carbons (Fsp3) is 0.400. The summed E-state index contributed by atoms with van der Waals surface area (Å²) in [6, 6.07) is 9.40. The van der Waals surface area contributed by atoms with Crippen LogP contribution >= 0.6 is 12.4 Å². The van der Waals surface area contributed by atoms with Crippen molar-refractivity contribution in [3.8, 4) is 0 Å². The monoisotopic (exact) mass is 282 g/mol. The minimum atomic E-state index is -0.457. The fourth-order valence-corrected chi connectivity index (χ4v) is 1.82. The van der Waals surface area contributed by atoms with Gasteiger partial charge in [-0.15, -0.1) is 19.0 Å². The first-order valence-electron chi connectivity index (χ1n) is 6.30. The fourth-order valence-electron chi connectivity index (χ4n) is 1.82. The molecule has 3 nitrogen and oxygen atoms in total. The summed E-state index contributed by atoms with van der Waals surface area (Å²) >= 11 is 0. The van der Waals surface area contributed by atoms with Crippen molar-refractivity contribution in [2.75, 3.05) is 13.6 Å². The average Bonchev–Trinajstić information content (AvgIpc) is 2.39. The summed E-state index contributed by atoms with van der Waals surface area (Å²) < 4.78 is 0. The first kappa shape index (κ1) is 17.7. The molecule has 0 radical (unpaired) electrons. The van der Waals surface area contributed by atoms with Gasteiger partial charge in [0.25, 0.3) is 0 Å². The largest absolute Gasteiger partial charge is 0.344 e. The van der Waals surface area contributed by atoms with E-state index in [0.29, 0.717) is 6.42 Å². The molecule has 0 aliphatic rings. The van der Waals surface area contributed by atoms with E-state index in [2.05, 4.69) is 6.58 Å². The third-order valence-electron chi connectivity index (χ3n) is 2.89. The van der Waals surface area contributed by atoms with Crippen LogP contribution < -0.4 is 5.73 Å². The Morgan fingerprint density at radius 2 is 2.05 bits per heavy atom. The van der Waals surface area contributed by atoms with Crippen LogP contribution in [-0.4, -0.2) is 30.4 Å². The van der Waals surface area contributed by atoms with E-state index in [-0.39, 0.29) is 18.3 Å². The van der Waals surface area contributed by atoms with Gasteiger partial charge in [0.2, 0.25) is 5.91 Å². The third kappa shape index (κ3) is 6.41. The van der Waals surface area contributed by atoms with Crippen molar-refractivity contribution in [1.82, 2.24) is 4.90 Å². The molecule has 1 aromatic carbocycles. The van der Waals surface area contributed by atoms with Crippen LogP contribution in [0.4, 0.5) is 0 Å². The number of nitrogens with zero attached hydrogens (tertiary/aromatic N) is 1. The van der Waals surface area contributed by atoms with Gasteiger partial charge in [-0.1, -0.05) is 36.4 Å². The molecule has 1 aromatic rings. The van der Waals surface area contributed by atoms with Crippen LogP contribution in [-0.2, 0) is 11.2 Å². The highest BCUT2D eigenvalue weighted by Crippen LogP contribution is 2.04. The van der Waals surface area contributed by atoms with Gasteiger partial charge in [-0.05, 0) is 24.8 Å². The SMILES string of the molecule is C=CCCCN(C)C(=O)[C@@H](N)Cc1ccccc1.Cl. The number of hydrogen-bond acceptors (Lipinski definition) is 2. The van der Waals surface area contributed by atoms with E-state index in [0.717, 1.165) is 24.9 Å². The molecular weight excluding hydrogens is 260 g/mol. The maximum atomic E-state index is 12.0. The van der Waals surface area contributed by atoms with Gasteiger partial charge in [0, 0.05) is 13.6 Å². The Morgan fingerprint density at radius 3 is 2.63 bits per heavy atom. The van der Waals surface area contributed by atoms with Gasteiger partial charge >= 0.3 is 0 Å². The van der Waals surface area contributed by atoms with E-state index in [4.69, 9.17) is 5.73 Å². The molecule has 2 N–H and O–H groups in total. The van der Waals surface area contributed by atoms with Gasteiger partial charge in [0.1, 0.15) is 0 Å². The summed E-state index contributed by atoms with van der Waals surface area (Å²) in [7, 11) is 1.80. The molecule has 0 spiro atoms. The summed E-state index contributed by atoms with van der Waals surface area (Å²) in [5.41, 5.74) is 7.04. The second kappa shape index (κ2) is 9.59. The number of hydrogen-bond donors (Lipinski definition) is 1. The number of halogens is 1. The maximum Gasteiger partial charge on any atom is 0.239 e. The molecule has 0 aliphatic heterocycles. The zero-order chi connectivity index (χ0) is 13.4. The molecule has 0 bridgehead atoms. The summed E-state index contributed by atoms with van der Waals surface area (Å²) in [6.07, 6.45) is 4.31. The molecule has 0 unspecified atom stereocenters. The second-order valence-corrected chi connectivity index (χ2v) is 4.49. The zero-order valence-corrected chi connectivity index (χ0v) is 12.2. The Kier molecular flexibility index (Phi) is 8.92. The molecule has 0 heterocycles. The summed E-state index contributed by atoms with van der Waals surface area (Å²) in [5.74, 6) is 0.00270. The lowest BCUT2D eigenvalue weighted by Gasteiger charge is -2.21. The average molecular weight is 283 g/mol. The van der Waals surface area contributed by atoms with Gasteiger partial charge in [0.15, 0.2) is 0 Å². The number of carbonyl (C=O) groups excluding carboxylic acids is 1. The van der Waals surface area contributed by atoms with Crippen LogP contribution in [0.2, 0.25) is 0 Å². The highest BCUT2D eigenvalue weighted by Gasteiger charge is 2.17. The van der Waals surface area contributed by atoms with Crippen LogP contribution in [0, 0.1) is 0 Å². The normalized spacial score (nSPS) is 11.3. The first-order valence-corrected chi connectivity index (χ1v) is 6.30. The molecule has 19 heavy (non-hydrogen) atoms. The van der Waals surface area contributed by atoms with Crippen molar-refractivity contribution >= 4 is 18.3 Å². The lowest BCUT2D eigenvalue weighted by atomic mass is 10.1. The Bertz CT molecular complexity index is 381. The van der Waals surface area contributed by atoms with Crippen molar-refractivity contribution in [3.05, 3.63) is 48.6 Å². The number of likely N-dealkylation sites (N-methyl/N-ethyl adjacent to an activating group) is 1. The van der Waals surface area contributed by atoms with Crippen molar-refractivity contribution in [2.45, 2.75) is 25.3 Å². The van der Waals surface area contributed by atoms with Crippen molar-refractivity contribution in [3.63, 3.8) is 0 Å². The molecule has 0 fully saturated rings. The van der Waals surface area contributed by atoms with Gasteiger partial charge in [0.05, 0.1) is 6.04 Å². The Morgan fingerprint density at radius 1 is 1.42 bits per heavy atom. The molecule has 0 aliphatic carbocycles. The van der Waals surface area contributed by atoms with E-state index in [9.17, 15) is 4.79 Å². The van der Waals surface area contributed by atoms with Gasteiger partial charge in [-0.25, -0.2) is 0 Å². The number of rotatable bonds is 7. The maximum absolute atomic E-state index is 12.0. The number of benzene rings is 1. The van der Waals surface area contributed by atoms with E-state index < -0.39 is 6.04 Å². The number of amides is 1. The summed E-state index contributed by atoms with van der Waals surface area (Å²) in [6.45, 7) is 4.39. The van der Waals surface area contributed by atoms with Crippen LogP contribution in [0.25, 0.3) is 0 Å². The predicted octanol–water partition coefficient (Wildman–Crippen LogP) is 2.40. The van der Waals surface area contributed by atoms with Gasteiger partial charge in [-0.3, -0.25) is 4.79 Å². The molecule has 4 heteroatoms. The molecule has 0 saturated carbocycles. The standard InChI is InChI=1S/C15H22N2O.ClH/c1-3-4-8-11-17(2)15(18)14(16)12-13-9-6-5-7-10-13;/h3,5-7,9-10,14H,1,4,8,11-12,16H2,2H3;1H/t14-;/m0./s1. The Balaban J connectivity index is 0.00000324. The molecule has 1 atom stereocenters. The van der Waals surface area contributed by atoms with Crippen molar-refractivity contribution < 1.29 is 4.79 Å². The predicted molar refractivity (Wildman–Crippen MR) is 82.4 cm³/mol. The van der Waals surface area contributed by atoms with E-state index in [1.165, 1.54) is 0 Å². The quantitative estimate of drug-likeness (QED) is 0.617. The van der Waals surface area contributed by atoms with Gasteiger partial charge in [-0.2, -0.15) is 0 Å². The zero-order valence-electron chi connectivity index (χ0n) is 11.4. The summed E-state index contributed by atoms with van der Waals surface area (Å²) in [4.78, 5) is 13.7. The molecule has 106 valence electrons. The second-order valence-electron chi connectivity index (χ2n) is 4.49. The lowest BCUT2D eigenvalue weighted by molar-refractivity contribution is -0.131.